The van der Waals surface area contributed by atoms with Crippen molar-refractivity contribution in [2.45, 2.75) is 44.6 Å². The number of benzene rings is 1. The molecule has 3 atom stereocenters. The highest BCUT2D eigenvalue weighted by atomic mass is 32.1. The Hall–Kier alpha value is -2.67. The number of imidazole rings is 1. The number of amides is 2. The molecule has 3 unspecified atom stereocenters. The van der Waals surface area contributed by atoms with E-state index in [0.29, 0.717) is 0 Å². The second-order valence-corrected chi connectivity index (χ2v) is 9.49. The van der Waals surface area contributed by atoms with Crippen LogP contribution in [0.1, 0.15) is 64.9 Å². The van der Waals surface area contributed by atoms with Crippen molar-refractivity contribution in [3.63, 3.8) is 0 Å². The average molecular weight is 423 g/mol. The molecular formula is C23H26N4O2S. The largest absolute Gasteiger partial charge is 0.349 e. The van der Waals surface area contributed by atoms with Gasteiger partial charge in [-0.15, -0.1) is 11.3 Å². The maximum Gasteiger partial charge on any atom is 0.263 e. The van der Waals surface area contributed by atoms with Crippen molar-refractivity contribution in [2.75, 3.05) is 13.1 Å². The molecule has 2 amide bonds. The second-order valence-electron chi connectivity index (χ2n) is 8.37. The van der Waals surface area contributed by atoms with Crippen molar-refractivity contribution in [2.24, 2.45) is 5.92 Å². The number of H-pyrrole nitrogens is 1. The Morgan fingerprint density at radius 1 is 1.17 bits per heavy atom. The maximum absolute atomic E-state index is 12.8. The highest BCUT2D eigenvalue weighted by Gasteiger charge is 2.46. The van der Waals surface area contributed by atoms with E-state index in [2.05, 4.69) is 15.3 Å². The highest BCUT2D eigenvalue weighted by molar-refractivity contribution is 7.14. The molecule has 2 aliphatic rings. The van der Waals surface area contributed by atoms with Crippen molar-refractivity contribution in [3.8, 4) is 0 Å². The Kier molecular flexibility index (Phi) is 5.06. The smallest absolute Gasteiger partial charge is 0.263 e. The number of thiophene rings is 1. The molecule has 7 heteroatoms. The fraction of sp³-hybridized carbons (Fsp3) is 0.435. The molecular weight excluding hydrogens is 396 g/mol. The molecule has 0 bridgehead atoms. The molecule has 1 aliphatic carbocycles. The zero-order chi connectivity index (χ0) is 20.7. The summed E-state index contributed by atoms with van der Waals surface area (Å²) in [6.07, 6.45) is 4.20. The van der Waals surface area contributed by atoms with Gasteiger partial charge in [0.15, 0.2) is 0 Å². The zero-order valence-corrected chi connectivity index (χ0v) is 17.9. The number of nitrogens with one attached hydrogen (secondary N) is 2. The van der Waals surface area contributed by atoms with Crippen LogP contribution in [-0.4, -0.2) is 39.8 Å². The van der Waals surface area contributed by atoms with Crippen LogP contribution in [0.25, 0.3) is 11.0 Å². The molecule has 156 valence electrons. The predicted molar refractivity (Wildman–Crippen MR) is 118 cm³/mol. The van der Waals surface area contributed by atoms with Crippen LogP contribution in [-0.2, 0) is 4.79 Å². The molecule has 1 saturated heterocycles. The van der Waals surface area contributed by atoms with Crippen LogP contribution in [0.4, 0.5) is 0 Å². The van der Waals surface area contributed by atoms with Crippen molar-refractivity contribution in [1.29, 1.82) is 0 Å². The Labute approximate surface area is 179 Å². The summed E-state index contributed by atoms with van der Waals surface area (Å²) in [4.78, 5) is 37.2. The summed E-state index contributed by atoms with van der Waals surface area (Å²) >= 11 is 1.49. The van der Waals surface area contributed by atoms with Crippen LogP contribution in [0.2, 0.25) is 0 Å². The van der Waals surface area contributed by atoms with Gasteiger partial charge in [0, 0.05) is 29.8 Å². The van der Waals surface area contributed by atoms with Crippen LogP contribution in [0, 0.1) is 5.92 Å². The monoisotopic (exact) mass is 422 g/mol. The number of hydrogen-bond acceptors (Lipinski definition) is 4. The lowest BCUT2D eigenvalue weighted by Gasteiger charge is -2.26. The van der Waals surface area contributed by atoms with Crippen LogP contribution in [0.15, 0.2) is 36.4 Å². The summed E-state index contributed by atoms with van der Waals surface area (Å²) < 4.78 is 0. The molecule has 1 saturated carbocycles. The van der Waals surface area contributed by atoms with E-state index in [1.54, 1.807) is 0 Å². The summed E-state index contributed by atoms with van der Waals surface area (Å²) in [6.45, 7) is 3.68. The van der Waals surface area contributed by atoms with Crippen LogP contribution >= 0.6 is 11.3 Å². The highest BCUT2D eigenvalue weighted by Crippen LogP contribution is 2.47. The van der Waals surface area contributed by atoms with Crippen molar-refractivity contribution in [1.82, 2.24) is 20.2 Å². The normalized spacial score (nSPS) is 22.1. The number of aromatic nitrogens is 2. The minimum atomic E-state index is -0.109. The predicted octanol–water partition coefficient (Wildman–Crippen LogP) is 4.23. The molecule has 3 aromatic rings. The summed E-state index contributed by atoms with van der Waals surface area (Å²) in [7, 11) is 0. The van der Waals surface area contributed by atoms with Gasteiger partial charge in [-0.2, -0.15) is 0 Å². The first-order valence-corrected chi connectivity index (χ1v) is 11.6. The number of hydrogen-bond donors (Lipinski definition) is 2. The molecule has 1 aromatic carbocycles. The minimum Gasteiger partial charge on any atom is -0.349 e. The van der Waals surface area contributed by atoms with Gasteiger partial charge in [0.1, 0.15) is 5.82 Å². The SMILES string of the molecule is CC(NC(=O)C1CC1c1nc2ccccc2[nH]1)c1ccc(C(=O)N2CCCCC2)s1. The summed E-state index contributed by atoms with van der Waals surface area (Å²) in [5.41, 5.74) is 1.95. The molecule has 5 rings (SSSR count). The van der Waals surface area contributed by atoms with E-state index in [9.17, 15) is 9.59 Å². The topological polar surface area (TPSA) is 78.1 Å². The van der Waals surface area contributed by atoms with Gasteiger partial charge in [0.05, 0.1) is 22.0 Å². The first-order valence-electron chi connectivity index (χ1n) is 10.7. The number of rotatable bonds is 5. The van der Waals surface area contributed by atoms with Gasteiger partial charge in [-0.25, -0.2) is 4.98 Å². The van der Waals surface area contributed by atoms with E-state index in [-0.39, 0.29) is 29.7 Å². The number of fused-ring (bicyclic) bond motifs is 1. The molecule has 3 heterocycles. The quantitative estimate of drug-likeness (QED) is 0.646. The fourth-order valence-corrected chi connectivity index (χ4v) is 5.26. The van der Waals surface area contributed by atoms with E-state index >= 15 is 0 Å². The molecule has 2 N–H and O–H groups in total. The van der Waals surface area contributed by atoms with Gasteiger partial charge < -0.3 is 15.2 Å². The van der Waals surface area contributed by atoms with Gasteiger partial charge in [0.2, 0.25) is 5.91 Å². The Bertz CT molecular complexity index is 1050. The van der Waals surface area contributed by atoms with Crippen molar-refractivity contribution >= 4 is 34.2 Å². The minimum absolute atomic E-state index is 0.0394. The molecule has 2 aromatic heterocycles. The fourth-order valence-electron chi connectivity index (χ4n) is 4.28. The lowest BCUT2D eigenvalue weighted by Crippen LogP contribution is -2.35. The number of aromatic amines is 1. The van der Waals surface area contributed by atoms with Gasteiger partial charge in [-0.3, -0.25) is 9.59 Å². The van der Waals surface area contributed by atoms with Gasteiger partial charge in [-0.1, -0.05) is 12.1 Å². The first-order chi connectivity index (χ1) is 14.6. The van der Waals surface area contributed by atoms with E-state index in [0.717, 1.165) is 59.0 Å². The summed E-state index contributed by atoms with van der Waals surface area (Å²) in [5.74, 6) is 1.20. The number of para-hydroxylation sites is 2. The lowest BCUT2D eigenvalue weighted by atomic mass is 10.1. The Balaban J connectivity index is 1.19. The van der Waals surface area contributed by atoms with Gasteiger partial charge in [-0.05, 0) is 56.9 Å². The molecule has 6 nitrogen and oxygen atoms in total. The third-order valence-electron chi connectivity index (χ3n) is 6.15. The number of piperidine rings is 1. The summed E-state index contributed by atoms with van der Waals surface area (Å²) in [5, 5.41) is 3.13. The standard InChI is InChI=1S/C23H26N4O2S/c1-14(19-9-10-20(30-19)23(29)27-11-5-2-6-12-27)24-22(28)16-13-15(16)21-25-17-7-3-4-8-18(17)26-21/h3-4,7-10,14-16H,2,5-6,11-13H2,1H3,(H,24,28)(H,25,26). The number of likely N-dealkylation sites (tertiary alicyclic amines) is 1. The third-order valence-corrected chi connectivity index (χ3v) is 7.41. The Morgan fingerprint density at radius 3 is 2.77 bits per heavy atom. The number of carbonyl (C=O) groups excluding carboxylic acids is 2. The van der Waals surface area contributed by atoms with Crippen LogP contribution in [0.3, 0.4) is 0 Å². The first kappa shape index (κ1) is 19.3. The molecule has 1 aliphatic heterocycles. The van der Waals surface area contributed by atoms with E-state index in [1.165, 1.54) is 17.8 Å². The van der Waals surface area contributed by atoms with Crippen molar-refractivity contribution < 1.29 is 9.59 Å². The van der Waals surface area contributed by atoms with E-state index < -0.39 is 0 Å². The van der Waals surface area contributed by atoms with E-state index in [4.69, 9.17) is 0 Å². The number of carbonyl (C=O) groups is 2. The van der Waals surface area contributed by atoms with Crippen molar-refractivity contribution in [3.05, 3.63) is 52.0 Å². The number of nitrogens with zero attached hydrogens (tertiary/aromatic N) is 2. The molecule has 0 spiro atoms. The lowest BCUT2D eigenvalue weighted by molar-refractivity contribution is -0.123. The van der Waals surface area contributed by atoms with E-state index in [1.807, 2.05) is 48.2 Å². The average Bonchev–Trinajstić information content (AvgIpc) is 3.21. The molecule has 30 heavy (non-hydrogen) atoms. The zero-order valence-electron chi connectivity index (χ0n) is 17.1. The van der Waals surface area contributed by atoms with Gasteiger partial charge in [0.25, 0.3) is 5.91 Å². The molecule has 2 fully saturated rings. The maximum atomic E-state index is 12.8. The second kappa shape index (κ2) is 7.87. The Morgan fingerprint density at radius 2 is 1.97 bits per heavy atom. The van der Waals surface area contributed by atoms with Crippen LogP contribution < -0.4 is 5.32 Å². The third kappa shape index (κ3) is 3.74. The summed E-state index contributed by atoms with van der Waals surface area (Å²) in [6, 6.07) is 11.7. The van der Waals surface area contributed by atoms with Crippen LogP contribution in [0.5, 0.6) is 0 Å². The van der Waals surface area contributed by atoms with Gasteiger partial charge >= 0.3 is 0 Å². The molecule has 0 radical (unpaired) electrons.